The summed E-state index contributed by atoms with van der Waals surface area (Å²) in [5, 5.41) is 8.76. The van der Waals surface area contributed by atoms with E-state index >= 15 is 0 Å². The highest BCUT2D eigenvalue weighted by molar-refractivity contribution is 7.89. The van der Waals surface area contributed by atoms with Crippen LogP contribution >= 0.6 is 0 Å². The van der Waals surface area contributed by atoms with Gasteiger partial charge in [-0.2, -0.15) is 4.72 Å². The van der Waals surface area contributed by atoms with Crippen molar-refractivity contribution >= 4 is 15.9 Å². The van der Waals surface area contributed by atoms with Crippen molar-refractivity contribution in [1.82, 2.24) is 10.2 Å². The molecule has 1 fully saturated rings. The number of hydroxylamine groups is 1. The van der Waals surface area contributed by atoms with Crippen LogP contribution < -0.4 is 19.7 Å². The van der Waals surface area contributed by atoms with Gasteiger partial charge in [0.2, 0.25) is 16.8 Å². The van der Waals surface area contributed by atoms with Crippen molar-refractivity contribution in [3.63, 3.8) is 0 Å². The lowest BCUT2D eigenvalue weighted by Gasteiger charge is -2.16. The van der Waals surface area contributed by atoms with Crippen molar-refractivity contribution in [3.05, 3.63) is 18.2 Å². The minimum absolute atomic E-state index is 0.0247. The highest BCUT2D eigenvalue weighted by Gasteiger charge is 2.33. The fourth-order valence-electron chi connectivity index (χ4n) is 2.27. The number of fused-ring (bicyclic) bond motifs is 1. The molecule has 1 aliphatic heterocycles. The Morgan fingerprint density at radius 1 is 1.32 bits per heavy atom. The SMILES string of the molecule is O=C(NO)C(CC1CC1)NS(=O)(=O)c1ccc2c(c1)OCO2. The second kappa shape index (κ2) is 5.75. The Morgan fingerprint density at radius 2 is 2.05 bits per heavy atom. The van der Waals surface area contributed by atoms with Gasteiger partial charge in [0.25, 0.3) is 5.91 Å². The molecular formula is C13H16N2O6S. The topological polar surface area (TPSA) is 114 Å². The monoisotopic (exact) mass is 328 g/mol. The van der Waals surface area contributed by atoms with E-state index in [2.05, 4.69) is 4.72 Å². The molecule has 0 saturated heterocycles. The van der Waals surface area contributed by atoms with Gasteiger partial charge in [0.15, 0.2) is 11.5 Å². The van der Waals surface area contributed by atoms with E-state index in [9.17, 15) is 13.2 Å². The van der Waals surface area contributed by atoms with E-state index in [1.807, 2.05) is 0 Å². The lowest BCUT2D eigenvalue weighted by molar-refractivity contribution is -0.131. The van der Waals surface area contributed by atoms with E-state index < -0.39 is 22.0 Å². The Kier molecular flexibility index (Phi) is 3.94. The van der Waals surface area contributed by atoms with Gasteiger partial charge in [-0.25, -0.2) is 13.9 Å². The maximum atomic E-state index is 12.4. The number of carbonyl (C=O) groups is 1. The minimum atomic E-state index is -3.91. The van der Waals surface area contributed by atoms with E-state index in [1.165, 1.54) is 23.7 Å². The maximum Gasteiger partial charge on any atom is 0.261 e. The lowest BCUT2D eigenvalue weighted by atomic mass is 10.1. The zero-order valence-electron chi connectivity index (χ0n) is 11.6. The summed E-state index contributed by atoms with van der Waals surface area (Å²) in [6.07, 6.45) is 2.28. The summed E-state index contributed by atoms with van der Waals surface area (Å²) in [6.45, 7) is 0.0451. The summed E-state index contributed by atoms with van der Waals surface area (Å²) in [7, 11) is -3.91. The van der Waals surface area contributed by atoms with Crippen LogP contribution in [0.4, 0.5) is 0 Å². The Morgan fingerprint density at radius 3 is 2.73 bits per heavy atom. The summed E-state index contributed by atoms with van der Waals surface area (Å²) in [5.41, 5.74) is 1.50. The van der Waals surface area contributed by atoms with Gasteiger partial charge in [-0.1, -0.05) is 12.8 Å². The highest BCUT2D eigenvalue weighted by atomic mass is 32.2. The molecule has 1 saturated carbocycles. The third kappa shape index (κ3) is 3.16. The van der Waals surface area contributed by atoms with Crippen molar-refractivity contribution in [3.8, 4) is 11.5 Å². The molecule has 0 spiro atoms. The number of ether oxygens (including phenoxy) is 2. The van der Waals surface area contributed by atoms with Gasteiger partial charge in [-0.3, -0.25) is 10.0 Å². The van der Waals surface area contributed by atoms with Gasteiger partial charge in [-0.05, 0) is 24.5 Å². The van der Waals surface area contributed by atoms with Crippen molar-refractivity contribution in [1.29, 1.82) is 0 Å². The number of sulfonamides is 1. The fraction of sp³-hybridized carbons (Fsp3) is 0.462. The molecule has 1 aromatic rings. The number of hydrogen-bond donors (Lipinski definition) is 3. The predicted molar refractivity (Wildman–Crippen MR) is 73.9 cm³/mol. The number of benzene rings is 1. The molecule has 1 unspecified atom stereocenters. The number of carbonyl (C=O) groups excluding carboxylic acids is 1. The van der Waals surface area contributed by atoms with Crippen LogP contribution in [-0.4, -0.2) is 32.4 Å². The maximum absolute atomic E-state index is 12.4. The molecule has 3 rings (SSSR count). The predicted octanol–water partition coefficient (Wildman–Crippen LogP) is 0.368. The van der Waals surface area contributed by atoms with Crippen LogP contribution in [-0.2, 0) is 14.8 Å². The molecule has 1 atom stereocenters. The van der Waals surface area contributed by atoms with E-state index in [-0.39, 0.29) is 11.7 Å². The Labute approximate surface area is 127 Å². The molecule has 1 amide bonds. The first-order chi connectivity index (χ1) is 10.5. The van der Waals surface area contributed by atoms with Gasteiger partial charge >= 0.3 is 0 Å². The van der Waals surface area contributed by atoms with E-state index in [4.69, 9.17) is 14.7 Å². The number of hydrogen-bond acceptors (Lipinski definition) is 6. The second-order valence-corrected chi connectivity index (χ2v) is 7.06. The fourth-order valence-corrected chi connectivity index (χ4v) is 3.50. The average Bonchev–Trinajstić information content (AvgIpc) is 3.18. The van der Waals surface area contributed by atoms with E-state index in [1.54, 1.807) is 0 Å². The van der Waals surface area contributed by atoms with Gasteiger partial charge in [0, 0.05) is 6.07 Å². The first-order valence-electron chi connectivity index (χ1n) is 6.85. The standard InChI is InChI=1S/C13H16N2O6S/c16-13(14-17)10(5-8-1-2-8)15-22(18,19)9-3-4-11-12(6-9)21-7-20-11/h3-4,6,8,10,15,17H,1-2,5,7H2,(H,14,16). The van der Waals surface area contributed by atoms with Crippen LogP contribution in [0.1, 0.15) is 19.3 Å². The van der Waals surface area contributed by atoms with Gasteiger partial charge in [0.05, 0.1) is 4.90 Å². The van der Waals surface area contributed by atoms with Crippen LogP contribution in [0.5, 0.6) is 11.5 Å². The molecule has 1 aromatic carbocycles. The Bertz CT molecular complexity index is 686. The number of nitrogens with one attached hydrogen (secondary N) is 2. The van der Waals surface area contributed by atoms with Crippen LogP contribution in [0.25, 0.3) is 0 Å². The molecule has 1 heterocycles. The molecule has 9 heteroatoms. The molecule has 8 nitrogen and oxygen atoms in total. The van der Waals surface area contributed by atoms with Crippen molar-refractivity contribution < 1.29 is 27.9 Å². The van der Waals surface area contributed by atoms with Crippen LogP contribution in [0.15, 0.2) is 23.1 Å². The van der Waals surface area contributed by atoms with E-state index in [0.29, 0.717) is 23.8 Å². The van der Waals surface area contributed by atoms with E-state index in [0.717, 1.165) is 12.8 Å². The molecule has 0 radical (unpaired) electrons. The van der Waals surface area contributed by atoms with Crippen LogP contribution in [0.3, 0.4) is 0 Å². The number of amides is 1. The van der Waals surface area contributed by atoms with Gasteiger partial charge in [0.1, 0.15) is 6.04 Å². The Balaban J connectivity index is 1.80. The molecule has 1 aliphatic carbocycles. The first kappa shape index (κ1) is 15.1. The average molecular weight is 328 g/mol. The molecule has 0 bridgehead atoms. The zero-order valence-corrected chi connectivity index (χ0v) is 12.4. The smallest absolute Gasteiger partial charge is 0.261 e. The molecule has 120 valence electrons. The third-order valence-corrected chi connectivity index (χ3v) is 5.11. The normalized spacial score (nSPS) is 18.0. The summed E-state index contributed by atoms with van der Waals surface area (Å²) < 4.78 is 37.4. The second-order valence-electron chi connectivity index (χ2n) is 5.34. The van der Waals surface area contributed by atoms with Crippen LogP contribution in [0, 0.1) is 5.92 Å². The highest BCUT2D eigenvalue weighted by Crippen LogP contribution is 2.35. The van der Waals surface area contributed by atoms with Crippen molar-refractivity contribution in [2.24, 2.45) is 5.92 Å². The van der Waals surface area contributed by atoms with Crippen molar-refractivity contribution in [2.75, 3.05) is 6.79 Å². The quantitative estimate of drug-likeness (QED) is 0.513. The lowest BCUT2D eigenvalue weighted by Crippen LogP contribution is -2.46. The summed E-state index contributed by atoms with van der Waals surface area (Å²) >= 11 is 0. The molecule has 2 aliphatic rings. The molecule has 3 N–H and O–H groups in total. The largest absolute Gasteiger partial charge is 0.454 e. The summed E-state index contributed by atoms with van der Waals surface area (Å²) in [5.74, 6) is 0.354. The van der Waals surface area contributed by atoms with Crippen molar-refractivity contribution in [2.45, 2.75) is 30.2 Å². The zero-order chi connectivity index (χ0) is 15.7. The molecular weight excluding hydrogens is 312 g/mol. The summed E-state index contributed by atoms with van der Waals surface area (Å²) in [4.78, 5) is 11.6. The Hall–Kier alpha value is -1.84. The van der Waals surface area contributed by atoms with Crippen LogP contribution in [0.2, 0.25) is 0 Å². The number of rotatable bonds is 6. The third-order valence-electron chi connectivity index (χ3n) is 3.64. The summed E-state index contributed by atoms with van der Waals surface area (Å²) in [6, 6.07) is 3.21. The molecule has 22 heavy (non-hydrogen) atoms. The minimum Gasteiger partial charge on any atom is -0.454 e. The van der Waals surface area contributed by atoms with Gasteiger partial charge < -0.3 is 9.47 Å². The first-order valence-corrected chi connectivity index (χ1v) is 8.34. The molecule has 0 aromatic heterocycles. The van der Waals surface area contributed by atoms with Gasteiger partial charge in [-0.15, -0.1) is 0 Å².